The average Bonchev–Trinajstić information content (AvgIpc) is 2.86. The number of rotatable bonds is 9. The number of ether oxygens (including phenoxy) is 2. The summed E-state index contributed by atoms with van der Waals surface area (Å²) in [4.78, 5) is 8.91. The van der Waals surface area contributed by atoms with Gasteiger partial charge in [-0.1, -0.05) is 24.3 Å². The molecule has 2 heterocycles. The highest BCUT2D eigenvalue weighted by atomic mass is 32.1. The second kappa shape index (κ2) is 12.3. The maximum Gasteiger partial charge on any atom is 0.173 e. The smallest absolute Gasteiger partial charge is 0.173 e. The van der Waals surface area contributed by atoms with Crippen molar-refractivity contribution < 1.29 is 9.47 Å². The Morgan fingerprint density at radius 3 is 2.48 bits per heavy atom. The Labute approximate surface area is 201 Å². The molecule has 4 rings (SSSR count). The Morgan fingerprint density at radius 2 is 1.76 bits per heavy atom. The molecule has 0 spiro atoms. The maximum atomic E-state index is 5.88. The molecule has 1 N–H and O–H groups in total. The highest BCUT2D eigenvalue weighted by Crippen LogP contribution is 2.23. The number of nitrogens with one attached hydrogen (secondary N) is 1. The van der Waals surface area contributed by atoms with Crippen LogP contribution in [-0.4, -0.2) is 59.3 Å². The van der Waals surface area contributed by atoms with E-state index in [1.54, 1.807) is 6.20 Å². The van der Waals surface area contributed by atoms with Crippen molar-refractivity contribution in [2.45, 2.75) is 13.0 Å². The highest BCUT2D eigenvalue weighted by molar-refractivity contribution is 7.80. The maximum absolute atomic E-state index is 5.88. The van der Waals surface area contributed by atoms with Gasteiger partial charge in [-0.3, -0.25) is 9.88 Å². The normalized spacial score (nSPS) is 13.9. The molecule has 1 aromatic heterocycles. The van der Waals surface area contributed by atoms with E-state index in [1.807, 2.05) is 66.9 Å². The second-order valence-corrected chi connectivity index (χ2v) is 8.35. The van der Waals surface area contributed by atoms with Crippen LogP contribution in [0.25, 0.3) is 0 Å². The molecule has 1 fully saturated rings. The van der Waals surface area contributed by atoms with E-state index in [0.717, 1.165) is 75.1 Å². The van der Waals surface area contributed by atoms with E-state index in [2.05, 4.69) is 26.2 Å². The van der Waals surface area contributed by atoms with Crippen LogP contribution >= 0.6 is 12.2 Å². The molecule has 172 valence electrons. The molecule has 0 radical (unpaired) electrons. The number of thiocarbonyl (C=S) groups is 1. The summed E-state index contributed by atoms with van der Waals surface area (Å²) in [6.45, 7) is 6.28. The minimum Gasteiger partial charge on any atom is -0.457 e. The summed E-state index contributed by atoms with van der Waals surface area (Å²) in [5.41, 5.74) is 2.07. The first-order valence-corrected chi connectivity index (χ1v) is 11.7. The number of hydrogen-bond donors (Lipinski definition) is 1. The van der Waals surface area contributed by atoms with Crippen LogP contribution in [0.1, 0.15) is 12.0 Å². The van der Waals surface area contributed by atoms with Crippen LogP contribution in [0, 0.1) is 0 Å². The SMILES string of the molecule is S=C(Nc1ccc(Oc2ccccc2)cc1)N(CCCN1CCOCC1)Cc1cccnc1. The van der Waals surface area contributed by atoms with E-state index < -0.39 is 0 Å². The molecule has 0 amide bonds. The van der Waals surface area contributed by atoms with Crippen molar-refractivity contribution in [3.05, 3.63) is 84.7 Å². The molecule has 0 saturated carbocycles. The number of nitrogens with zero attached hydrogens (tertiary/aromatic N) is 3. The number of anilines is 1. The van der Waals surface area contributed by atoms with Gasteiger partial charge in [0, 0.05) is 50.8 Å². The van der Waals surface area contributed by atoms with Gasteiger partial charge in [-0.25, -0.2) is 0 Å². The summed E-state index contributed by atoms with van der Waals surface area (Å²) in [6, 6.07) is 21.7. The molecule has 3 aromatic rings. The van der Waals surface area contributed by atoms with Gasteiger partial charge >= 0.3 is 0 Å². The monoisotopic (exact) mass is 462 g/mol. The lowest BCUT2D eigenvalue weighted by atomic mass is 10.2. The fraction of sp³-hybridized carbons (Fsp3) is 0.308. The Morgan fingerprint density at radius 1 is 1.00 bits per heavy atom. The Bertz CT molecular complexity index is 980. The number of benzene rings is 2. The third kappa shape index (κ3) is 7.53. The second-order valence-electron chi connectivity index (χ2n) is 7.96. The first-order valence-electron chi connectivity index (χ1n) is 11.3. The van der Waals surface area contributed by atoms with E-state index in [1.165, 1.54) is 0 Å². The van der Waals surface area contributed by atoms with Gasteiger partial charge in [-0.2, -0.15) is 0 Å². The number of para-hydroxylation sites is 1. The van der Waals surface area contributed by atoms with Crippen molar-refractivity contribution in [3.8, 4) is 11.5 Å². The molecule has 0 atom stereocenters. The Kier molecular flexibility index (Phi) is 8.63. The third-order valence-corrected chi connectivity index (χ3v) is 5.83. The molecule has 0 aliphatic carbocycles. The number of aromatic nitrogens is 1. The van der Waals surface area contributed by atoms with Crippen LogP contribution in [0.5, 0.6) is 11.5 Å². The molecule has 1 aliphatic rings. The molecule has 2 aromatic carbocycles. The largest absolute Gasteiger partial charge is 0.457 e. The highest BCUT2D eigenvalue weighted by Gasteiger charge is 2.14. The molecular weight excluding hydrogens is 432 g/mol. The van der Waals surface area contributed by atoms with Crippen LogP contribution in [-0.2, 0) is 11.3 Å². The van der Waals surface area contributed by atoms with Gasteiger partial charge in [0.2, 0.25) is 0 Å². The lowest BCUT2D eigenvalue weighted by Crippen LogP contribution is -2.40. The quantitative estimate of drug-likeness (QED) is 0.459. The van der Waals surface area contributed by atoms with E-state index >= 15 is 0 Å². The first-order chi connectivity index (χ1) is 16.3. The standard InChI is InChI=1S/C26H30N4O2S/c33-26(28-23-9-11-25(12-10-23)32-24-7-2-1-3-8-24)30(21-22-6-4-13-27-20-22)15-5-14-29-16-18-31-19-17-29/h1-4,6-13,20H,5,14-19,21H2,(H,28,33). The van der Waals surface area contributed by atoms with Gasteiger partial charge in [0.15, 0.2) is 5.11 Å². The van der Waals surface area contributed by atoms with Crippen LogP contribution < -0.4 is 10.1 Å². The zero-order valence-corrected chi connectivity index (χ0v) is 19.5. The zero-order chi connectivity index (χ0) is 22.7. The van der Waals surface area contributed by atoms with E-state index in [0.29, 0.717) is 5.11 Å². The molecule has 1 aliphatic heterocycles. The number of hydrogen-bond acceptors (Lipinski definition) is 5. The van der Waals surface area contributed by atoms with Crippen LogP contribution in [0.3, 0.4) is 0 Å². The van der Waals surface area contributed by atoms with Gasteiger partial charge in [-0.05, 0) is 66.7 Å². The summed E-state index contributed by atoms with van der Waals surface area (Å²) >= 11 is 5.79. The van der Waals surface area contributed by atoms with Crippen LogP contribution in [0.2, 0.25) is 0 Å². The van der Waals surface area contributed by atoms with Crippen molar-refractivity contribution >= 4 is 23.0 Å². The van der Waals surface area contributed by atoms with Gasteiger partial charge in [0.1, 0.15) is 11.5 Å². The Hall–Kier alpha value is -3.00. The molecule has 0 unspecified atom stereocenters. The zero-order valence-electron chi connectivity index (χ0n) is 18.7. The van der Waals surface area contributed by atoms with Crippen molar-refractivity contribution in [1.82, 2.24) is 14.8 Å². The number of pyridine rings is 1. The average molecular weight is 463 g/mol. The summed E-state index contributed by atoms with van der Waals surface area (Å²) in [6.07, 6.45) is 4.72. The topological polar surface area (TPSA) is 49.9 Å². The van der Waals surface area contributed by atoms with Crippen molar-refractivity contribution in [3.63, 3.8) is 0 Å². The first kappa shape index (κ1) is 23.2. The van der Waals surface area contributed by atoms with Gasteiger partial charge in [0.05, 0.1) is 13.2 Å². The summed E-state index contributed by atoms with van der Waals surface area (Å²) < 4.78 is 11.3. The van der Waals surface area contributed by atoms with Crippen molar-refractivity contribution in [2.75, 3.05) is 44.7 Å². The lowest BCUT2D eigenvalue weighted by molar-refractivity contribution is 0.0368. The fourth-order valence-corrected chi connectivity index (χ4v) is 3.98. The van der Waals surface area contributed by atoms with E-state index in [9.17, 15) is 0 Å². The summed E-state index contributed by atoms with van der Waals surface area (Å²) in [5.74, 6) is 1.60. The van der Waals surface area contributed by atoms with Gasteiger partial charge < -0.3 is 19.7 Å². The van der Waals surface area contributed by atoms with E-state index in [-0.39, 0.29) is 0 Å². The summed E-state index contributed by atoms with van der Waals surface area (Å²) in [5, 5.41) is 4.10. The van der Waals surface area contributed by atoms with Crippen molar-refractivity contribution in [1.29, 1.82) is 0 Å². The van der Waals surface area contributed by atoms with E-state index in [4.69, 9.17) is 21.7 Å². The minimum atomic E-state index is 0.706. The predicted molar refractivity (Wildman–Crippen MR) is 136 cm³/mol. The molecule has 6 nitrogen and oxygen atoms in total. The van der Waals surface area contributed by atoms with Crippen molar-refractivity contribution in [2.24, 2.45) is 0 Å². The van der Waals surface area contributed by atoms with Crippen LogP contribution in [0.4, 0.5) is 5.69 Å². The molecule has 1 saturated heterocycles. The lowest BCUT2D eigenvalue weighted by Gasteiger charge is -2.29. The summed E-state index contributed by atoms with van der Waals surface area (Å²) in [7, 11) is 0. The Balaban J connectivity index is 1.35. The van der Waals surface area contributed by atoms with Crippen LogP contribution in [0.15, 0.2) is 79.1 Å². The third-order valence-electron chi connectivity index (χ3n) is 5.47. The minimum absolute atomic E-state index is 0.706. The fourth-order valence-electron chi connectivity index (χ4n) is 3.71. The molecule has 7 heteroatoms. The number of morpholine rings is 1. The molecule has 0 bridgehead atoms. The molecular formula is C26H30N4O2S. The molecule has 33 heavy (non-hydrogen) atoms. The predicted octanol–water partition coefficient (Wildman–Crippen LogP) is 4.80. The van der Waals surface area contributed by atoms with Gasteiger partial charge in [0.25, 0.3) is 0 Å². The van der Waals surface area contributed by atoms with Gasteiger partial charge in [-0.15, -0.1) is 0 Å².